The van der Waals surface area contributed by atoms with Gasteiger partial charge in [0.2, 0.25) is 0 Å². The van der Waals surface area contributed by atoms with E-state index in [9.17, 15) is 0 Å². The molecule has 100 valence electrons. The maximum Gasteiger partial charge on any atom is 0.133 e. The third-order valence-corrected chi connectivity index (χ3v) is 3.21. The predicted octanol–water partition coefficient (Wildman–Crippen LogP) is 4.01. The number of aromatic nitrogens is 2. The molecule has 0 bridgehead atoms. The summed E-state index contributed by atoms with van der Waals surface area (Å²) in [6.45, 7) is 9.43. The van der Waals surface area contributed by atoms with Crippen molar-refractivity contribution in [2.24, 2.45) is 0 Å². The lowest BCUT2D eigenvalue weighted by Gasteiger charge is -2.17. The Morgan fingerprint density at radius 1 is 1.16 bits per heavy atom. The van der Waals surface area contributed by atoms with Gasteiger partial charge in [0.1, 0.15) is 12.1 Å². The normalized spacial score (nSPS) is 10.8. The van der Waals surface area contributed by atoms with E-state index in [1.54, 1.807) is 6.33 Å². The average Bonchev–Trinajstić information content (AvgIpc) is 2.39. The highest BCUT2D eigenvalue weighted by atomic mass is 15.0. The van der Waals surface area contributed by atoms with E-state index in [2.05, 4.69) is 67.2 Å². The molecule has 0 saturated heterocycles. The van der Waals surface area contributed by atoms with Gasteiger partial charge >= 0.3 is 0 Å². The van der Waals surface area contributed by atoms with Crippen molar-refractivity contribution >= 4 is 5.82 Å². The van der Waals surface area contributed by atoms with Crippen LogP contribution in [0.15, 0.2) is 30.6 Å². The van der Waals surface area contributed by atoms with E-state index in [0.717, 1.165) is 18.1 Å². The van der Waals surface area contributed by atoms with Gasteiger partial charge in [-0.15, -0.1) is 0 Å². The molecule has 1 heterocycles. The molecule has 0 atom stereocenters. The third-order valence-electron chi connectivity index (χ3n) is 3.21. The molecule has 2 rings (SSSR count). The average molecular weight is 255 g/mol. The quantitative estimate of drug-likeness (QED) is 0.897. The minimum atomic E-state index is 0.379. The molecule has 0 radical (unpaired) electrons. The van der Waals surface area contributed by atoms with Crippen molar-refractivity contribution in [3.63, 3.8) is 0 Å². The first kappa shape index (κ1) is 13.5. The Morgan fingerprint density at radius 2 is 1.89 bits per heavy atom. The second-order valence-corrected chi connectivity index (χ2v) is 4.98. The Kier molecular flexibility index (Phi) is 4.15. The molecule has 3 nitrogen and oxygen atoms in total. The number of hydrogen-bond donors (Lipinski definition) is 1. The van der Waals surface area contributed by atoms with Crippen LogP contribution in [-0.4, -0.2) is 16.5 Å². The summed E-state index contributed by atoms with van der Waals surface area (Å²) in [6, 6.07) is 8.36. The number of nitrogens with one attached hydrogen (secondary N) is 1. The zero-order valence-electron chi connectivity index (χ0n) is 12.1. The molecule has 0 saturated carbocycles. The molecule has 1 aromatic heterocycles. The summed E-state index contributed by atoms with van der Waals surface area (Å²) in [5.41, 5.74) is 4.66. The third kappa shape index (κ3) is 2.75. The molecule has 1 N–H and O–H groups in total. The molecule has 0 aliphatic heterocycles. The van der Waals surface area contributed by atoms with Gasteiger partial charge in [-0.1, -0.05) is 38.1 Å². The van der Waals surface area contributed by atoms with E-state index in [1.807, 2.05) is 0 Å². The zero-order valence-corrected chi connectivity index (χ0v) is 12.1. The largest absolute Gasteiger partial charge is 0.370 e. The van der Waals surface area contributed by atoms with Crippen LogP contribution in [0.1, 0.15) is 37.8 Å². The minimum Gasteiger partial charge on any atom is -0.370 e. The monoisotopic (exact) mass is 255 g/mol. The zero-order chi connectivity index (χ0) is 13.8. The summed E-state index contributed by atoms with van der Waals surface area (Å²) in [5.74, 6) is 1.33. The van der Waals surface area contributed by atoms with Crippen molar-refractivity contribution in [3.05, 3.63) is 41.7 Å². The Hall–Kier alpha value is -1.90. The maximum absolute atomic E-state index is 4.52. The highest BCUT2D eigenvalue weighted by Gasteiger charge is 2.16. The Morgan fingerprint density at radius 3 is 2.53 bits per heavy atom. The topological polar surface area (TPSA) is 37.8 Å². The molecular formula is C16H21N3. The highest BCUT2D eigenvalue weighted by molar-refractivity contribution is 5.71. The van der Waals surface area contributed by atoms with Crippen molar-refractivity contribution in [3.8, 4) is 11.3 Å². The second-order valence-electron chi connectivity index (χ2n) is 4.98. The number of nitrogens with zero attached hydrogens (tertiary/aromatic N) is 2. The van der Waals surface area contributed by atoms with Crippen LogP contribution >= 0.6 is 0 Å². The van der Waals surface area contributed by atoms with Gasteiger partial charge in [-0.05, 0) is 25.3 Å². The van der Waals surface area contributed by atoms with Gasteiger partial charge in [0.05, 0.1) is 5.69 Å². The molecule has 19 heavy (non-hydrogen) atoms. The smallest absolute Gasteiger partial charge is 0.133 e. The van der Waals surface area contributed by atoms with E-state index in [4.69, 9.17) is 0 Å². The number of anilines is 1. The summed E-state index contributed by atoms with van der Waals surface area (Å²) < 4.78 is 0. The second kappa shape index (κ2) is 5.83. The van der Waals surface area contributed by atoms with Gasteiger partial charge in [-0.2, -0.15) is 0 Å². The molecular weight excluding hydrogens is 234 g/mol. The fourth-order valence-corrected chi connectivity index (χ4v) is 2.30. The first-order valence-corrected chi connectivity index (χ1v) is 6.79. The van der Waals surface area contributed by atoms with Gasteiger partial charge < -0.3 is 5.32 Å². The van der Waals surface area contributed by atoms with Crippen LogP contribution in [0.3, 0.4) is 0 Å². The van der Waals surface area contributed by atoms with E-state index in [1.165, 1.54) is 16.7 Å². The molecule has 0 aliphatic rings. The molecule has 3 heteroatoms. The fraction of sp³-hybridized carbons (Fsp3) is 0.375. The summed E-state index contributed by atoms with van der Waals surface area (Å²) in [5, 5.41) is 3.34. The maximum atomic E-state index is 4.52. The van der Waals surface area contributed by atoms with Gasteiger partial charge in [-0.3, -0.25) is 0 Å². The minimum absolute atomic E-state index is 0.379. The first-order valence-electron chi connectivity index (χ1n) is 6.79. The van der Waals surface area contributed by atoms with Gasteiger partial charge in [0.25, 0.3) is 0 Å². The summed E-state index contributed by atoms with van der Waals surface area (Å²) >= 11 is 0. The highest BCUT2D eigenvalue weighted by Crippen LogP contribution is 2.33. The van der Waals surface area contributed by atoms with E-state index < -0.39 is 0 Å². The SMILES string of the molecule is CCNc1ncnc(-c2ccccc2C)c1C(C)C. The van der Waals surface area contributed by atoms with Crippen LogP contribution < -0.4 is 5.32 Å². The van der Waals surface area contributed by atoms with E-state index in [0.29, 0.717) is 5.92 Å². The van der Waals surface area contributed by atoms with Crippen molar-refractivity contribution in [1.82, 2.24) is 9.97 Å². The van der Waals surface area contributed by atoms with Crippen molar-refractivity contribution in [2.75, 3.05) is 11.9 Å². The van der Waals surface area contributed by atoms with Gasteiger partial charge in [0.15, 0.2) is 0 Å². The number of rotatable bonds is 4. The Balaban J connectivity index is 2.63. The number of hydrogen-bond acceptors (Lipinski definition) is 3. The summed E-state index contributed by atoms with van der Waals surface area (Å²) in [4.78, 5) is 8.91. The first-order chi connectivity index (χ1) is 9.15. The van der Waals surface area contributed by atoms with E-state index >= 15 is 0 Å². The van der Waals surface area contributed by atoms with Crippen molar-refractivity contribution in [1.29, 1.82) is 0 Å². The van der Waals surface area contributed by atoms with E-state index in [-0.39, 0.29) is 0 Å². The van der Waals surface area contributed by atoms with Crippen LogP contribution in [0.5, 0.6) is 0 Å². The molecule has 0 unspecified atom stereocenters. The Bertz CT molecular complexity index is 562. The molecule has 0 fully saturated rings. The van der Waals surface area contributed by atoms with Crippen LogP contribution in [-0.2, 0) is 0 Å². The van der Waals surface area contributed by atoms with Crippen LogP contribution in [0.4, 0.5) is 5.82 Å². The van der Waals surface area contributed by atoms with Gasteiger partial charge in [0, 0.05) is 17.7 Å². The molecule has 0 aliphatic carbocycles. The fourth-order valence-electron chi connectivity index (χ4n) is 2.30. The van der Waals surface area contributed by atoms with Crippen LogP contribution in [0.25, 0.3) is 11.3 Å². The molecule has 1 aromatic carbocycles. The lowest BCUT2D eigenvalue weighted by molar-refractivity contribution is 0.849. The standard InChI is InChI=1S/C16H21N3/c1-5-17-16-14(11(2)3)15(18-10-19-16)13-9-7-6-8-12(13)4/h6-11H,5H2,1-4H3,(H,17,18,19). The lowest BCUT2D eigenvalue weighted by Crippen LogP contribution is -2.08. The van der Waals surface area contributed by atoms with Crippen LogP contribution in [0, 0.1) is 6.92 Å². The predicted molar refractivity (Wildman–Crippen MR) is 80.5 cm³/mol. The summed E-state index contributed by atoms with van der Waals surface area (Å²) in [6.07, 6.45) is 1.64. The van der Waals surface area contributed by atoms with Crippen molar-refractivity contribution in [2.45, 2.75) is 33.6 Å². The van der Waals surface area contributed by atoms with Crippen molar-refractivity contribution < 1.29 is 0 Å². The number of aryl methyl sites for hydroxylation is 1. The Labute approximate surface area is 115 Å². The molecule has 2 aromatic rings. The van der Waals surface area contributed by atoms with Gasteiger partial charge in [-0.25, -0.2) is 9.97 Å². The number of benzene rings is 1. The lowest BCUT2D eigenvalue weighted by atomic mass is 9.95. The summed E-state index contributed by atoms with van der Waals surface area (Å²) in [7, 11) is 0. The molecule has 0 spiro atoms. The molecule has 0 amide bonds. The van der Waals surface area contributed by atoms with Crippen LogP contribution in [0.2, 0.25) is 0 Å².